The Kier molecular flexibility index (Phi) is 7.88. The van der Waals surface area contributed by atoms with Gasteiger partial charge in [0.05, 0.1) is 19.7 Å². The fraction of sp³-hybridized carbons (Fsp3) is 0.130. The van der Waals surface area contributed by atoms with Crippen molar-refractivity contribution < 1.29 is 14.3 Å². The van der Waals surface area contributed by atoms with E-state index in [9.17, 15) is 4.79 Å². The lowest BCUT2D eigenvalue weighted by molar-refractivity contribution is -0.120. The van der Waals surface area contributed by atoms with E-state index in [2.05, 4.69) is 26.5 Å². The summed E-state index contributed by atoms with van der Waals surface area (Å²) < 4.78 is 12.2. The highest BCUT2D eigenvalue weighted by atomic mass is 79.9. The molecule has 0 aliphatic rings. The average Bonchev–Trinajstić information content (AvgIpc) is 2.75. The van der Waals surface area contributed by atoms with Gasteiger partial charge in [0.15, 0.2) is 11.5 Å². The SMILES string of the molecule is COc1cc(/C=N\NC(=O)Cc2ccc(Br)cc2)ccc1OCc1ccccc1Cl. The Morgan fingerprint density at radius 2 is 1.87 bits per heavy atom. The van der Waals surface area contributed by atoms with Crippen molar-refractivity contribution in [2.75, 3.05) is 7.11 Å². The molecular formula is C23H20BrClN2O3. The van der Waals surface area contributed by atoms with E-state index in [-0.39, 0.29) is 12.3 Å². The molecule has 3 aromatic carbocycles. The van der Waals surface area contributed by atoms with Gasteiger partial charge in [-0.05, 0) is 47.5 Å². The van der Waals surface area contributed by atoms with E-state index in [1.165, 1.54) is 0 Å². The maximum absolute atomic E-state index is 12.0. The normalized spacial score (nSPS) is 10.8. The molecule has 1 amide bonds. The summed E-state index contributed by atoms with van der Waals surface area (Å²) in [5.74, 6) is 0.960. The van der Waals surface area contributed by atoms with E-state index >= 15 is 0 Å². The minimum Gasteiger partial charge on any atom is -0.493 e. The van der Waals surface area contributed by atoms with Crippen molar-refractivity contribution in [3.8, 4) is 11.5 Å². The van der Waals surface area contributed by atoms with Crippen molar-refractivity contribution in [3.05, 3.63) is 92.9 Å². The van der Waals surface area contributed by atoms with Crippen molar-refractivity contribution >= 4 is 39.7 Å². The van der Waals surface area contributed by atoms with Gasteiger partial charge in [0.1, 0.15) is 6.61 Å². The zero-order valence-electron chi connectivity index (χ0n) is 16.3. The molecule has 0 saturated heterocycles. The predicted octanol–water partition coefficient (Wildman–Crippen LogP) is 5.38. The minimum atomic E-state index is -0.194. The quantitative estimate of drug-likeness (QED) is 0.343. The van der Waals surface area contributed by atoms with Crippen molar-refractivity contribution in [1.29, 1.82) is 0 Å². The highest BCUT2D eigenvalue weighted by Crippen LogP contribution is 2.29. The van der Waals surface area contributed by atoms with E-state index < -0.39 is 0 Å². The van der Waals surface area contributed by atoms with E-state index in [1.807, 2.05) is 54.6 Å². The number of amides is 1. The average molecular weight is 488 g/mol. The zero-order valence-corrected chi connectivity index (χ0v) is 18.6. The molecule has 154 valence electrons. The fourth-order valence-electron chi connectivity index (χ4n) is 2.66. The van der Waals surface area contributed by atoms with Crippen LogP contribution >= 0.6 is 27.5 Å². The number of rotatable bonds is 8. The molecule has 3 rings (SSSR count). The van der Waals surface area contributed by atoms with Gasteiger partial charge in [-0.15, -0.1) is 0 Å². The van der Waals surface area contributed by atoms with Crippen LogP contribution in [-0.4, -0.2) is 19.2 Å². The van der Waals surface area contributed by atoms with Gasteiger partial charge in [0.25, 0.3) is 0 Å². The van der Waals surface area contributed by atoms with E-state index in [4.69, 9.17) is 21.1 Å². The van der Waals surface area contributed by atoms with Gasteiger partial charge >= 0.3 is 0 Å². The number of nitrogens with zero attached hydrogens (tertiary/aromatic N) is 1. The first-order chi connectivity index (χ1) is 14.5. The number of nitrogens with one attached hydrogen (secondary N) is 1. The fourth-order valence-corrected chi connectivity index (χ4v) is 3.12. The number of carbonyl (C=O) groups is 1. The lowest BCUT2D eigenvalue weighted by Gasteiger charge is -2.12. The summed E-state index contributed by atoms with van der Waals surface area (Å²) in [5, 5.41) is 4.67. The summed E-state index contributed by atoms with van der Waals surface area (Å²) in [6.07, 6.45) is 1.81. The lowest BCUT2D eigenvalue weighted by atomic mass is 10.1. The molecule has 0 radical (unpaired) electrons. The van der Waals surface area contributed by atoms with Crippen molar-refractivity contribution in [1.82, 2.24) is 5.43 Å². The summed E-state index contributed by atoms with van der Waals surface area (Å²) >= 11 is 9.54. The van der Waals surface area contributed by atoms with Gasteiger partial charge in [-0.3, -0.25) is 4.79 Å². The molecule has 0 unspecified atom stereocenters. The largest absolute Gasteiger partial charge is 0.493 e. The zero-order chi connectivity index (χ0) is 21.3. The highest BCUT2D eigenvalue weighted by molar-refractivity contribution is 9.10. The van der Waals surface area contributed by atoms with Crippen molar-refractivity contribution in [3.63, 3.8) is 0 Å². The van der Waals surface area contributed by atoms with Crippen LogP contribution in [0.4, 0.5) is 0 Å². The second kappa shape index (κ2) is 10.8. The molecular weight excluding hydrogens is 468 g/mol. The van der Waals surface area contributed by atoms with Crippen LogP contribution in [-0.2, 0) is 17.8 Å². The Morgan fingerprint density at radius 1 is 1.10 bits per heavy atom. The van der Waals surface area contributed by atoms with Gasteiger partial charge in [-0.1, -0.05) is 57.9 Å². The molecule has 0 aliphatic heterocycles. The molecule has 5 nitrogen and oxygen atoms in total. The summed E-state index contributed by atoms with van der Waals surface area (Å²) in [5.41, 5.74) is 5.10. The Labute approximate surface area is 188 Å². The molecule has 0 aromatic heterocycles. The monoisotopic (exact) mass is 486 g/mol. The summed E-state index contributed by atoms with van der Waals surface area (Å²) in [4.78, 5) is 12.0. The maximum atomic E-state index is 12.0. The molecule has 0 aliphatic carbocycles. The summed E-state index contributed by atoms with van der Waals surface area (Å²) in [6, 6.07) is 20.5. The smallest absolute Gasteiger partial charge is 0.244 e. The number of methoxy groups -OCH3 is 1. The summed E-state index contributed by atoms with van der Waals surface area (Å²) in [6.45, 7) is 0.329. The molecule has 3 aromatic rings. The predicted molar refractivity (Wildman–Crippen MR) is 122 cm³/mol. The van der Waals surface area contributed by atoms with Crippen LogP contribution in [0, 0.1) is 0 Å². The Bertz CT molecular complexity index is 1040. The van der Waals surface area contributed by atoms with Gasteiger partial charge in [0, 0.05) is 15.1 Å². The third-order valence-electron chi connectivity index (χ3n) is 4.21. The second-order valence-corrected chi connectivity index (χ2v) is 7.71. The number of hydrogen-bond acceptors (Lipinski definition) is 4. The van der Waals surface area contributed by atoms with Crippen LogP contribution in [0.1, 0.15) is 16.7 Å². The van der Waals surface area contributed by atoms with Crippen LogP contribution in [0.2, 0.25) is 5.02 Å². The Hall–Kier alpha value is -2.83. The third-order valence-corrected chi connectivity index (χ3v) is 5.11. The van der Waals surface area contributed by atoms with E-state index in [0.717, 1.165) is 21.2 Å². The van der Waals surface area contributed by atoms with Crippen LogP contribution in [0.25, 0.3) is 0 Å². The number of carbonyl (C=O) groups excluding carboxylic acids is 1. The maximum Gasteiger partial charge on any atom is 0.244 e. The van der Waals surface area contributed by atoms with Gasteiger partial charge in [-0.2, -0.15) is 5.10 Å². The number of ether oxygens (including phenoxy) is 2. The van der Waals surface area contributed by atoms with Gasteiger partial charge in [0.2, 0.25) is 5.91 Å². The van der Waals surface area contributed by atoms with Crippen LogP contribution in [0.5, 0.6) is 11.5 Å². The van der Waals surface area contributed by atoms with Crippen LogP contribution in [0.3, 0.4) is 0 Å². The molecule has 0 fully saturated rings. The Balaban J connectivity index is 1.57. The number of halogens is 2. The second-order valence-electron chi connectivity index (χ2n) is 6.39. The van der Waals surface area contributed by atoms with Gasteiger partial charge < -0.3 is 9.47 Å². The molecule has 0 atom stereocenters. The first kappa shape index (κ1) is 21.9. The molecule has 0 spiro atoms. The molecule has 0 heterocycles. The first-order valence-corrected chi connectivity index (χ1v) is 10.3. The molecule has 30 heavy (non-hydrogen) atoms. The van der Waals surface area contributed by atoms with Crippen molar-refractivity contribution in [2.45, 2.75) is 13.0 Å². The van der Waals surface area contributed by atoms with Crippen LogP contribution in [0.15, 0.2) is 76.3 Å². The number of hydrazone groups is 1. The standard InChI is InChI=1S/C23H20BrClN2O3/c1-29-22-12-17(8-11-21(22)30-15-18-4-2-3-5-20(18)25)14-26-27-23(28)13-16-6-9-19(24)10-7-16/h2-12,14H,13,15H2,1H3,(H,27,28)/b26-14-. The van der Waals surface area contributed by atoms with E-state index in [0.29, 0.717) is 23.1 Å². The van der Waals surface area contributed by atoms with Crippen LogP contribution < -0.4 is 14.9 Å². The molecule has 0 bridgehead atoms. The number of benzene rings is 3. The molecule has 1 N–H and O–H groups in total. The first-order valence-electron chi connectivity index (χ1n) is 9.16. The number of hydrogen-bond donors (Lipinski definition) is 1. The lowest BCUT2D eigenvalue weighted by Crippen LogP contribution is -2.19. The van der Waals surface area contributed by atoms with Gasteiger partial charge in [-0.25, -0.2) is 5.43 Å². The molecule has 0 saturated carbocycles. The van der Waals surface area contributed by atoms with E-state index in [1.54, 1.807) is 25.5 Å². The minimum absolute atomic E-state index is 0.194. The Morgan fingerprint density at radius 3 is 2.60 bits per heavy atom. The summed E-state index contributed by atoms with van der Waals surface area (Å²) in [7, 11) is 1.57. The third kappa shape index (κ3) is 6.34. The topological polar surface area (TPSA) is 59.9 Å². The highest BCUT2D eigenvalue weighted by Gasteiger charge is 2.07. The van der Waals surface area contributed by atoms with Crippen molar-refractivity contribution in [2.24, 2.45) is 5.10 Å². The molecule has 7 heteroatoms.